The predicted molar refractivity (Wildman–Crippen MR) is 65.1 cm³/mol. The summed E-state index contributed by atoms with van der Waals surface area (Å²) >= 11 is 0. The molecule has 4 nitrogen and oxygen atoms in total. The van der Waals surface area contributed by atoms with Crippen LogP contribution < -0.4 is 0 Å². The first-order chi connectivity index (χ1) is 8.66. The lowest BCUT2D eigenvalue weighted by Gasteiger charge is -2.15. The number of fused-ring (bicyclic) bond motifs is 1. The Labute approximate surface area is 103 Å². The molecule has 1 aromatic heterocycles. The number of benzene rings is 1. The molecule has 1 amide bonds. The van der Waals surface area contributed by atoms with Crippen LogP contribution in [0.15, 0.2) is 30.5 Å². The number of rotatable bonds is 1. The van der Waals surface area contributed by atoms with Crippen LogP contribution in [0, 0.1) is 0 Å². The summed E-state index contributed by atoms with van der Waals surface area (Å²) in [6, 6.07) is 7.28. The van der Waals surface area contributed by atoms with Crippen molar-refractivity contribution >= 4 is 16.8 Å². The molecule has 94 valence electrons. The second kappa shape index (κ2) is 4.10. The molecule has 3 rings (SSSR count). The minimum absolute atomic E-state index is 0.0445. The number of carbonyl (C=O) groups is 1. The number of para-hydroxylation sites is 1. The van der Waals surface area contributed by atoms with Gasteiger partial charge in [-0.15, -0.1) is 0 Å². The topological polar surface area (TPSA) is 56.3 Å². The maximum Gasteiger partial charge on any atom is 0.256 e. The van der Waals surface area contributed by atoms with E-state index in [0.717, 1.165) is 10.9 Å². The first kappa shape index (κ1) is 11.2. The third-order valence-corrected chi connectivity index (χ3v) is 3.32. The zero-order valence-corrected chi connectivity index (χ0v) is 9.64. The molecule has 2 aromatic rings. The summed E-state index contributed by atoms with van der Waals surface area (Å²) in [6.07, 6.45) is -0.660. The van der Waals surface area contributed by atoms with E-state index in [1.165, 1.54) is 4.90 Å². The van der Waals surface area contributed by atoms with Gasteiger partial charge in [-0.05, 0) is 12.1 Å². The molecule has 0 saturated carbocycles. The molecule has 0 aliphatic carbocycles. The highest BCUT2D eigenvalue weighted by atomic mass is 19.1. The highest BCUT2D eigenvalue weighted by Crippen LogP contribution is 2.21. The molecule has 1 fully saturated rings. The van der Waals surface area contributed by atoms with Gasteiger partial charge >= 0.3 is 0 Å². The van der Waals surface area contributed by atoms with Crippen molar-refractivity contribution in [2.45, 2.75) is 12.3 Å². The van der Waals surface area contributed by atoms with E-state index in [0.29, 0.717) is 5.56 Å². The van der Waals surface area contributed by atoms with E-state index in [1.54, 1.807) is 18.3 Å². The Morgan fingerprint density at radius 2 is 2.22 bits per heavy atom. The van der Waals surface area contributed by atoms with Crippen molar-refractivity contribution in [2.75, 3.05) is 13.1 Å². The van der Waals surface area contributed by atoms with Crippen LogP contribution in [0.25, 0.3) is 10.9 Å². The maximum atomic E-state index is 13.2. The fourth-order valence-corrected chi connectivity index (χ4v) is 2.35. The Kier molecular flexibility index (Phi) is 2.56. The number of likely N-dealkylation sites (tertiary alicyclic amines) is 1. The number of carbonyl (C=O) groups excluding carboxylic acids is 1. The van der Waals surface area contributed by atoms with Gasteiger partial charge < -0.3 is 15.0 Å². The van der Waals surface area contributed by atoms with Gasteiger partial charge in [0.2, 0.25) is 0 Å². The number of H-pyrrole nitrogens is 1. The van der Waals surface area contributed by atoms with Crippen LogP contribution in [-0.2, 0) is 0 Å². The normalized spacial score (nSPS) is 23.8. The van der Waals surface area contributed by atoms with Crippen molar-refractivity contribution in [1.29, 1.82) is 0 Å². The smallest absolute Gasteiger partial charge is 0.256 e. The van der Waals surface area contributed by atoms with Gasteiger partial charge in [0.05, 0.1) is 17.6 Å². The molecular formula is C13H13FN2O2. The minimum atomic E-state index is -1.35. The average Bonchev–Trinajstić information content (AvgIpc) is 2.95. The van der Waals surface area contributed by atoms with Gasteiger partial charge in [-0.3, -0.25) is 4.79 Å². The fraction of sp³-hybridized carbons (Fsp3) is 0.308. The van der Waals surface area contributed by atoms with Crippen LogP contribution in [0.1, 0.15) is 10.4 Å². The van der Waals surface area contributed by atoms with Gasteiger partial charge in [0, 0.05) is 18.1 Å². The van der Waals surface area contributed by atoms with E-state index in [1.807, 2.05) is 12.1 Å². The van der Waals surface area contributed by atoms with Crippen molar-refractivity contribution in [1.82, 2.24) is 9.88 Å². The van der Waals surface area contributed by atoms with Crippen molar-refractivity contribution < 1.29 is 14.3 Å². The van der Waals surface area contributed by atoms with Gasteiger partial charge in [-0.2, -0.15) is 0 Å². The Balaban J connectivity index is 1.95. The van der Waals surface area contributed by atoms with E-state index in [9.17, 15) is 14.3 Å². The largest absolute Gasteiger partial charge is 0.388 e. The molecule has 1 aliphatic heterocycles. The zero-order valence-electron chi connectivity index (χ0n) is 9.64. The molecule has 1 aromatic carbocycles. The minimum Gasteiger partial charge on any atom is -0.388 e. The van der Waals surface area contributed by atoms with E-state index in [-0.39, 0.29) is 19.0 Å². The standard InChI is InChI=1S/C13H13FN2O2/c14-10-6-16(7-11(10)17)13(18)9-3-1-2-8-4-5-15-12(8)9/h1-5,10-11,15,17H,6-7H2/t10-,11-/m1/s1. The van der Waals surface area contributed by atoms with Gasteiger partial charge in [0.25, 0.3) is 5.91 Å². The molecule has 0 bridgehead atoms. The number of alkyl halides is 1. The third-order valence-electron chi connectivity index (χ3n) is 3.32. The number of nitrogens with zero attached hydrogens (tertiary/aromatic N) is 1. The summed E-state index contributed by atoms with van der Waals surface area (Å²) in [4.78, 5) is 16.6. The number of nitrogens with one attached hydrogen (secondary N) is 1. The van der Waals surface area contributed by atoms with Gasteiger partial charge in [-0.25, -0.2) is 4.39 Å². The molecule has 2 atom stereocenters. The van der Waals surface area contributed by atoms with Crippen LogP contribution in [0.3, 0.4) is 0 Å². The maximum absolute atomic E-state index is 13.2. The number of hydrogen-bond donors (Lipinski definition) is 2. The van der Waals surface area contributed by atoms with Crippen LogP contribution in [-0.4, -0.2) is 46.3 Å². The summed E-state index contributed by atoms with van der Waals surface area (Å²) in [7, 11) is 0. The number of hydrogen-bond acceptors (Lipinski definition) is 2. The molecule has 18 heavy (non-hydrogen) atoms. The lowest BCUT2D eigenvalue weighted by molar-refractivity contribution is 0.0766. The van der Waals surface area contributed by atoms with Crippen molar-refractivity contribution in [3.63, 3.8) is 0 Å². The number of aliphatic hydroxyl groups is 1. The number of aromatic amines is 1. The second-order valence-electron chi connectivity index (χ2n) is 4.54. The number of halogens is 1. The number of aromatic nitrogens is 1. The average molecular weight is 248 g/mol. The van der Waals surface area contributed by atoms with Crippen LogP contribution in [0.4, 0.5) is 4.39 Å². The molecule has 5 heteroatoms. The van der Waals surface area contributed by atoms with Crippen molar-refractivity contribution in [3.8, 4) is 0 Å². The van der Waals surface area contributed by atoms with Crippen molar-refractivity contribution in [3.05, 3.63) is 36.0 Å². The number of aliphatic hydroxyl groups excluding tert-OH is 1. The molecule has 0 spiro atoms. The molecule has 1 saturated heterocycles. The SMILES string of the molecule is O=C(c1cccc2cc[nH]c12)N1C[C@@H](O)[C@H](F)C1. The summed E-state index contributed by atoms with van der Waals surface area (Å²) in [6.45, 7) is 0.00813. The molecule has 2 N–H and O–H groups in total. The fourth-order valence-electron chi connectivity index (χ4n) is 2.35. The summed E-state index contributed by atoms with van der Waals surface area (Å²) < 4.78 is 13.2. The lowest BCUT2D eigenvalue weighted by Crippen LogP contribution is -2.29. The van der Waals surface area contributed by atoms with Crippen LogP contribution in [0.5, 0.6) is 0 Å². The lowest BCUT2D eigenvalue weighted by atomic mass is 10.1. The zero-order chi connectivity index (χ0) is 12.7. The third kappa shape index (κ3) is 1.67. The van der Waals surface area contributed by atoms with E-state index in [2.05, 4.69) is 4.98 Å². The molecule has 2 heterocycles. The Bertz CT molecular complexity index is 585. The van der Waals surface area contributed by atoms with Crippen LogP contribution >= 0.6 is 0 Å². The monoisotopic (exact) mass is 248 g/mol. The highest BCUT2D eigenvalue weighted by molar-refractivity contribution is 6.05. The summed E-state index contributed by atoms with van der Waals surface area (Å²) in [5, 5.41) is 10.3. The first-order valence-electron chi connectivity index (χ1n) is 5.84. The van der Waals surface area contributed by atoms with E-state index in [4.69, 9.17) is 0 Å². The molecular weight excluding hydrogens is 235 g/mol. The van der Waals surface area contributed by atoms with Crippen molar-refractivity contribution in [2.24, 2.45) is 0 Å². The predicted octanol–water partition coefficient (Wildman–Crippen LogP) is 1.32. The quantitative estimate of drug-likeness (QED) is 0.799. The Morgan fingerprint density at radius 3 is 2.94 bits per heavy atom. The van der Waals surface area contributed by atoms with Gasteiger partial charge in [-0.1, -0.05) is 12.1 Å². The summed E-state index contributed by atoms with van der Waals surface area (Å²) in [5.41, 5.74) is 1.26. The Morgan fingerprint density at radius 1 is 1.39 bits per heavy atom. The van der Waals surface area contributed by atoms with Gasteiger partial charge in [0.1, 0.15) is 12.3 Å². The van der Waals surface area contributed by atoms with E-state index < -0.39 is 12.3 Å². The first-order valence-corrected chi connectivity index (χ1v) is 5.84. The molecule has 0 unspecified atom stereocenters. The molecule has 1 aliphatic rings. The van der Waals surface area contributed by atoms with Crippen LogP contribution in [0.2, 0.25) is 0 Å². The Hall–Kier alpha value is -1.88. The van der Waals surface area contributed by atoms with E-state index >= 15 is 0 Å². The second-order valence-corrected chi connectivity index (χ2v) is 4.54. The highest BCUT2D eigenvalue weighted by Gasteiger charge is 2.34. The molecule has 0 radical (unpaired) electrons. The number of amides is 1. The summed E-state index contributed by atoms with van der Waals surface area (Å²) in [5.74, 6) is -0.248. The number of β-amino-alcohol motifs (C(OH)–C–C–N with tert-alkyl or cyclic N) is 1. The van der Waals surface area contributed by atoms with Gasteiger partial charge in [0.15, 0.2) is 0 Å².